The molecule has 0 aliphatic heterocycles. The lowest BCUT2D eigenvalue weighted by Gasteiger charge is -2.10. The maximum atomic E-state index is 12.6. The quantitative estimate of drug-likeness (QED) is 0.658. The van der Waals surface area contributed by atoms with Crippen molar-refractivity contribution >= 4 is 11.5 Å². The molecule has 6 heteroatoms. The predicted molar refractivity (Wildman–Crippen MR) is 52.7 cm³/mol. The Kier molecular flexibility index (Phi) is 3.88. The van der Waals surface area contributed by atoms with Crippen molar-refractivity contribution in [2.45, 2.75) is 12.6 Å². The Balaban J connectivity index is 3.07. The average molecular weight is 248 g/mol. The largest absolute Gasteiger partial charge is 0.478 e. The summed E-state index contributed by atoms with van der Waals surface area (Å²) < 4.78 is 49.2. The fourth-order valence-corrected chi connectivity index (χ4v) is 1.27. The van der Waals surface area contributed by atoms with Gasteiger partial charge in [0.25, 0.3) is 0 Å². The molecule has 0 radical (unpaired) electrons. The maximum Gasteiger partial charge on any atom is 0.393 e. The van der Waals surface area contributed by atoms with Crippen LogP contribution >= 0.6 is 0 Å². The molecule has 0 fully saturated rings. The number of carbonyl (C=O) groups is 1. The third-order valence-electron chi connectivity index (χ3n) is 1.90. The molecule has 0 saturated carbocycles. The molecular formula is C11H8F4O2. The highest BCUT2D eigenvalue weighted by molar-refractivity contribution is 5.90. The van der Waals surface area contributed by atoms with Gasteiger partial charge in [-0.1, -0.05) is 12.1 Å². The molecule has 0 aliphatic rings. The van der Waals surface area contributed by atoms with Crippen LogP contribution in [-0.4, -0.2) is 17.3 Å². The number of rotatable bonds is 3. The molecule has 17 heavy (non-hydrogen) atoms. The van der Waals surface area contributed by atoms with E-state index in [0.29, 0.717) is 6.08 Å². The molecule has 0 heterocycles. The molecule has 1 aromatic rings. The summed E-state index contributed by atoms with van der Waals surface area (Å²) in [5.41, 5.74) is -0.379. The van der Waals surface area contributed by atoms with Crippen molar-refractivity contribution in [2.75, 3.05) is 0 Å². The van der Waals surface area contributed by atoms with Gasteiger partial charge < -0.3 is 5.11 Å². The molecule has 0 aliphatic carbocycles. The van der Waals surface area contributed by atoms with Crippen LogP contribution in [-0.2, 0) is 4.79 Å². The number of alkyl halides is 3. The highest BCUT2D eigenvalue weighted by Gasteiger charge is 2.29. The molecule has 0 bridgehead atoms. The van der Waals surface area contributed by atoms with Gasteiger partial charge in [0.15, 0.2) is 0 Å². The van der Waals surface area contributed by atoms with Crippen LogP contribution < -0.4 is 0 Å². The number of halogens is 4. The van der Waals surface area contributed by atoms with Crippen LogP contribution in [0.3, 0.4) is 0 Å². The molecule has 2 nitrogen and oxygen atoms in total. The van der Waals surface area contributed by atoms with Gasteiger partial charge in [-0.15, -0.1) is 0 Å². The summed E-state index contributed by atoms with van der Waals surface area (Å²) in [7, 11) is 0. The molecule has 1 N–H and O–H groups in total. The van der Waals surface area contributed by atoms with Crippen molar-refractivity contribution in [1.82, 2.24) is 0 Å². The van der Waals surface area contributed by atoms with E-state index in [1.807, 2.05) is 0 Å². The molecule has 92 valence electrons. The second kappa shape index (κ2) is 4.99. The van der Waals surface area contributed by atoms with Gasteiger partial charge in [-0.25, -0.2) is 9.18 Å². The Bertz CT molecular complexity index is 432. The fraction of sp³-hybridized carbons (Fsp3) is 0.182. The highest BCUT2D eigenvalue weighted by Crippen LogP contribution is 2.30. The Morgan fingerprint density at radius 3 is 2.18 bits per heavy atom. The van der Waals surface area contributed by atoms with E-state index >= 15 is 0 Å². The second-order valence-electron chi connectivity index (χ2n) is 3.31. The van der Waals surface area contributed by atoms with Gasteiger partial charge in [-0.3, -0.25) is 0 Å². The van der Waals surface area contributed by atoms with E-state index in [1.165, 1.54) is 0 Å². The van der Waals surface area contributed by atoms with Gasteiger partial charge in [0.1, 0.15) is 5.82 Å². The molecule has 0 saturated heterocycles. The third-order valence-corrected chi connectivity index (χ3v) is 1.90. The first-order chi connectivity index (χ1) is 7.78. The fourth-order valence-electron chi connectivity index (χ4n) is 1.27. The number of aliphatic carboxylic acids is 1. The molecular weight excluding hydrogens is 240 g/mol. The Morgan fingerprint density at radius 1 is 1.24 bits per heavy atom. The minimum atomic E-state index is -4.52. The van der Waals surface area contributed by atoms with E-state index in [2.05, 4.69) is 0 Å². The van der Waals surface area contributed by atoms with Gasteiger partial charge in [-0.2, -0.15) is 13.2 Å². The normalized spacial score (nSPS) is 12.6. The van der Waals surface area contributed by atoms with Crippen molar-refractivity contribution in [1.29, 1.82) is 0 Å². The number of hydrogen-bond donors (Lipinski definition) is 1. The van der Waals surface area contributed by atoms with E-state index in [0.717, 1.165) is 24.3 Å². The zero-order valence-corrected chi connectivity index (χ0v) is 8.46. The molecule has 1 rings (SSSR count). The highest BCUT2D eigenvalue weighted by atomic mass is 19.4. The summed E-state index contributed by atoms with van der Waals surface area (Å²) in [4.78, 5) is 10.4. The van der Waals surface area contributed by atoms with Gasteiger partial charge >= 0.3 is 12.1 Å². The summed E-state index contributed by atoms with van der Waals surface area (Å²) in [5, 5.41) is 8.48. The van der Waals surface area contributed by atoms with Crippen molar-refractivity contribution in [3.8, 4) is 0 Å². The molecule has 0 unspecified atom stereocenters. The lowest BCUT2D eigenvalue weighted by molar-refractivity contribution is -0.131. The van der Waals surface area contributed by atoms with E-state index in [1.54, 1.807) is 0 Å². The van der Waals surface area contributed by atoms with Crippen LogP contribution in [0.2, 0.25) is 0 Å². The minimum Gasteiger partial charge on any atom is -0.478 e. The molecule has 0 atom stereocenters. The lowest BCUT2D eigenvalue weighted by atomic mass is 10.0. The van der Waals surface area contributed by atoms with Crippen LogP contribution in [0, 0.1) is 5.82 Å². The second-order valence-corrected chi connectivity index (χ2v) is 3.31. The minimum absolute atomic E-state index is 0.0334. The number of hydrogen-bond acceptors (Lipinski definition) is 1. The Morgan fingerprint density at radius 2 is 1.76 bits per heavy atom. The maximum absolute atomic E-state index is 12.6. The Hall–Kier alpha value is -1.85. The van der Waals surface area contributed by atoms with E-state index in [9.17, 15) is 22.4 Å². The van der Waals surface area contributed by atoms with Gasteiger partial charge in [0, 0.05) is 6.08 Å². The molecule has 0 aromatic heterocycles. The molecule has 0 amide bonds. The van der Waals surface area contributed by atoms with Crippen molar-refractivity contribution in [2.24, 2.45) is 0 Å². The van der Waals surface area contributed by atoms with Crippen molar-refractivity contribution in [3.05, 3.63) is 41.7 Å². The molecule has 1 aromatic carbocycles. The average Bonchev–Trinajstić information content (AvgIpc) is 2.14. The van der Waals surface area contributed by atoms with Crippen LogP contribution in [0.15, 0.2) is 30.3 Å². The third kappa shape index (κ3) is 4.67. The summed E-state index contributed by atoms with van der Waals surface area (Å²) in [6, 6.07) is 4.16. The van der Waals surface area contributed by atoms with Gasteiger partial charge in [0.2, 0.25) is 0 Å². The van der Waals surface area contributed by atoms with Crippen LogP contribution in [0.4, 0.5) is 17.6 Å². The lowest BCUT2D eigenvalue weighted by Crippen LogP contribution is -2.09. The predicted octanol–water partition coefficient (Wildman–Crippen LogP) is 3.25. The monoisotopic (exact) mass is 248 g/mol. The van der Waals surface area contributed by atoms with Crippen molar-refractivity contribution < 1.29 is 27.5 Å². The number of benzene rings is 1. The van der Waals surface area contributed by atoms with Gasteiger partial charge in [0.05, 0.1) is 6.42 Å². The van der Waals surface area contributed by atoms with E-state index < -0.39 is 30.0 Å². The first-order valence-corrected chi connectivity index (χ1v) is 4.54. The zero-order chi connectivity index (χ0) is 13.1. The van der Waals surface area contributed by atoms with Gasteiger partial charge in [-0.05, 0) is 23.3 Å². The first kappa shape index (κ1) is 13.2. The van der Waals surface area contributed by atoms with E-state index in [-0.39, 0.29) is 5.56 Å². The number of carboxylic acids is 1. The molecule has 0 spiro atoms. The SMILES string of the molecule is O=C(O)/C=C(\CC(F)(F)F)c1ccc(F)cc1. The zero-order valence-electron chi connectivity index (χ0n) is 8.46. The number of carboxylic acid groups (broad SMARTS) is 1. The summed E-state index contributed by atoms with van der Waals surface area (Å²) >= 11 is 0. The van der Waals surface area contributed by atoms with E-state index in [4.69, 9.17) is 5.11 Å². The summed E-state index contributed by atoms with van der Waals surface area (Å²) in [5.74, 6) is -2.08. The standard InChI is InChI=1S/C11H8F4O2/c12-9-3-1-7(2-4-9)8(5-10(16)17)6-11(13,14)15/h1-5H,6H2,(H,16,17)/b8-5+. The van der Waals surface area contributed by atoms with Crippen molar-refractivity contribution in [3.63, 3.8) is 0 Å². The van der Waals surface area contributed by atoms with Crippen LogP contribution in [0.5, 0.6) is 0 Å². The summed E-state index contributed by atoms with van der Waals surface area (Å²) in [6.45, 7) is 0. The topological polar surface area (TPSA) is 37.3 Å². The van der Waals surface area contributed by atoms with Crippen LogP contribution in [0.1, 0.15) is 12.0 Å². The number of allylic oxidation sites excluding steroid dienone is 1. The summed E-state index contributed by atoms with van der Waals surface area (Å²) in [6.07, 6.45) is -5.42. The first-order valence-electron chi connectivity index (χ1n) is 4.54. The Labute approximate surface area is 94.2 Å². The van der Waals surface area contributed by atoms with Crippen LogP contribution in [0.25, 0.3) is 5.57 Å². The smallest absolute Gasteiger partial charge is 0.393 e.